The van der Waals surface area contributed by atoms with E-state index >= 15 is 0 Å². The van der Waals surface area contributed by atoms with Gasteiger partial charge in [-0.15, -0.1) is 0 Å². The third kappa shape index (κ3) is 3.59. The number of hydrogen-bond acceptors (Lipinski definition) is 3. The quantitative estimate of drug-likeness (QED) is 0.534. The fraction of sp³-hybridized carbons (Fsp3) is 0.105. The number of imidazole rings is 1. The van der Waals surface area contributed by atoms with Crippen LogP contribution in [0.25, 0.3) is 11.2 Å². The van der Waals surface area contributed by atoms with Crippen LogP contribution >= 0.6 is 23.2 Å². The molecule has 2 aromatic carbocycles. The SMILES string of the molecule is N=c1ncn(Cc2c(Cl)cccc2Cl)c2nc(Cc3ccc(F)cc3)[nH]c12. The zero-order chi connectivity index (χ0) is 19.0. The van der Waals surface area contributed by atoms with Crippen molar-refractivity contribution in [2.24, 2.45) is 0 Å². The maximum absolute atomic E-state index is 13.1. The van der Waals surface area contributed by atoms with Gasteiger partial charge in [-0.25, -0.2) is 14.4 Å². The van der Waals surface area contributed by atoms with Gasteiger partial charge in [0, 0.05) is 22.0 Å². The lowest BCUT2D eigenvalue weighted by Crippen LogP contribution is -2.13. The molecule has 2 heterocycles. The Morgan fingerprint density at radius 2 is 1.78 bits per heavy atom. The van der Waals surface area contributed by atoms with E-state index in [0.29, 0.717) is 40.0 Å². The van der Waals surface area contributed by atoms with E-state index in [4.69, 9.17) is 28.6 Å². The Kier molecular flexibility index (Phi) is 4.68. The second kappa shape index (κ2) is 7.13. The molecule has 0 aliphatic carbocycles. The number of fused-ring (bicyclic) bond motifs is 1. The molecule has 2 aromatic heterocycles. The van der Waals surface area contributed by atoms with Crippen molar-refractivity contribution in [1.82, 2.24) is 19.5 Å². The van der Waals surface area contributed by atoms with Crippen molar-refractivity contribution in [2.45, 2.75) is 13.0 Å². The highest BCUT2D eigenvalue weighted by Crippen LogP contribution is 2.25. The summed E-state index contributed by atoms with van der Waals surface area (Å²) in [5, 5.41) is 9.16. The molecule has 0 amide bonds. The van der Waals surface area contributed by atoms with E-state index in [9.17, 15) is 4.39 Å². The van der Waals surface area contributed by atoms with Crippen LogP contribution in [0.4, 0.5) is 4.39 Å². The number of aromatic amines is 1. The molecule has 0 fully saturated rings. The maximum Gasteiger partial charge on any atom is 0.173 e. The molecule has 8 heteroatoms. The van der Waals surface area contributed by atoms with Gasteiger partial charge >= 0.3 is 0 Å². The first-order valence-electron chi connectivity index (χ1n) is 8.17. The Morgan fingerprint density at radius 3 is 2.48 bits per heavy atom. The highest BCUT2D eigenvalue weighted by molar-refractivity contribution is 6.36. The normalized spacial score (nSPS) is 11.2. The molecule has 0 aliphatic heterocycles. The topological polar surface area (TPSA) is 70.3 Å². The second-order valence-corrected chi connectivity index (χ2v) is 6.92. The van der Waals surface area contributed by atoms with E-state index in [1.165, 1.54) is 12.1 Å². The molecule has 0 aliphatic rings. The van der Waals surface area contributed by atoms with Crippen molar-refractivity contribution in [3.05, 3.63) is 87.1 Å². The molecule has 2 N–H and O–H groups in total. The Labute approximate surface area is 163 Å². The number of nitrogens with one attached hydrogen (secondary N) is 2. The van der Waals surface area contributed by atoms with Gasteiger partial charge in [0.05, 0.1) is 12.9 Å². The molecule has 27 heavy (non-hydrogen) atoms. The molecule has 136 valence electrons. The van der Waals surface area contributed by atoms with Gasteiger partial charge in [0.15, 0.2) is 11.1 Å². The van der Waals surface area contributed by atoms with Crippen molar-refractivity contribution >= 4 is 34.4 Å². The zero-order valence-corrected chi connectivity index (χ0v) is 15.5. The van der Waals surface area contributed by atoms with E-state index in [2.05, 4.69) is 15.0 Å². The van der Waals surface area contributed by atoms with Gasteiger partial charge < -0.3 is 9.55 Å². The number of hydrogen-bond donors (Lipinski definition) is 2. The Hall–Kier alpha value is -2.70. The van der Waals surface area contributed by atoms with Crippen molar-refractivity contribution < 1.29 is 4.39 Å². The minimum absolute atomic E-state index is 0.101. The second-order valence-electron chi connectivity index (χ2n) is 6.11. The molecule has 0 radical (unpaired) electrons. The van der Waals surface area contributed by atoms with Crippen LogP contribution in [0.2, 0.25) is 10.0 Å². The monoisotopic (exact) mass is 401 g/mol. The van der Waals surface area contributed by atoms with Crippen LogP contribution in [0.1, 0.15) is 17.0 Å². The lowest BCUT2D eigenvalue weighted by atomic mass is 10.1. The number of aromatic nitrogens is 4. The van der Waals surface area contributed by atoms with Crippen LogP contribution in [0.15, 0.2) is 48.8 Å². The van der Waals surface area contributed by atoms with Crippen LogP contribution < -0.4 is 5.49 Å². The van der Waals surface area contributed by atoms with Crippen LogP contribution in [-0.2, 0) is 13.0 Å². The summed E-state index contributed by atoms with van der Waals surface area (Å²) in [6.07, 6.45) is 2.04. The van der Waals surface area contributed by atoms with Gasteiger partial charge in [0.25, 0.3) is 0 Å². The molecular formula is C19H14Cl2FN5. The molecule has 0 saturated heterocycles. The average Bonchev–Trinajstić information content (AvgIpc) is 3.07. The van der Waals surface area contributed by atoms with Crippen LogP contribution in [0.3, 0.4) is 0 Å². The summed E-state index contributed by atoms with van der Waals surface area (Å²) >= 11 is 12.5. The first kappa shape index (κ1) is 17.7. The molecule has 0 unspecified atom stereocenters. The standard InChI is InChI=1S/C19H14Cl2FN5/c20-14-2-1-3-15(21)13(14)9-27-10-24-18(23)17-19(27)26-16(25-17)8-11-4-6-12(22)7-5-11/h1-7,10,23H,8-9H2,(H,25,26). The molecule has 5 nitrogen and oxygen atoms in total. The van der Waals surface area contributed by atoms with Crippen LogP contribution in [0, 0.1) is 11.2 Å². The predicted octanol–water partition coefficient (Wildman–Crippen LogP) is 4.32. The van der Waals surface area contributed by atoms with E-state index in [-0.39, 0.29) is 11.3 Å². The summed E-state index contributed by atoms with van der Waals surface area (Å²) in [5.74, 6) is 0.382. The van der Waals surface area contributed by atoms with Crippen molar-refractivity contribution in [3.63, 3.8) is 0 Å². The van der Waals surface area contributed by atoms with Crippen molar-refractivity contribution in [1.29, 1.82) is 5.41 Å². The Balaban J connectivity index is 1.74. The molecule has 0 bridgehead atoms. The largest absolute Gasteiger partial charge is 0.337 e. The number of halogens is 3. The van der Waals surface area contributed by atoms with Crippen LogP contribution in [-0.4, -0.2) is 19.5 Å². The smallest absolute Gasteiger partial charge is 0.173 e. The number of rotatable bonds is 4. The third-order valence-electron chi connectivity index (χ3n) is 4.24. The van der Waals surface area contributed by atoms with Gasteiger partial charge in [-0.3, -0.25) is 5.41 Å². The lowest BCUT2D eigenvalue weighted by molar-refractivity contribution is 0.627. The minimum Gasteiger partial charge on any atom is -0.337 e. The molecule has 0 spiro atoms. The number of H-pyrrole nitrogens is 1. The number of nitrogens with zero attached hydrogens (tertiary/aromatic N) is 3. The summed E-state index contributed by atoms with van der Waals surface area (Å²) in [7, 11) is 0. The van der Waals surface area contributed by atoms with E-state index in [0.717, 1.165) is 11.1 Å². The highest BCUT2D eigenvalue weighted by Gasteiger charge is 2.12. The first-order valence-corrected chi connectivity index (χ1v) is 8.93. The molecule has 0 saturated carbocycles. The Bertz CT molecular complexity index is 1160. The first-order chi connectivity index (χ1) is 13.0. The fourth-order valence-corrected chi connectivity index (χ4v) is 3.40. The summed E-state index contributed by atoms with van der Waals surface area (Å²) in [6, 6.07) is 11.6. The molecular weight excluding hydrogens is 388 g/mol. The highest BCUT2D eigenvalue weighted by atomic mass is 35.5. The maximum atomic E-state index is 13.1. The van der Waals surface area contributed by atoms with E-state index in [1.807, 2.05) is 0 Å². The third-order valence-corrected chi connectivity index (χ3v) is 4.95. The van der Waals surface area contributed by atoms with Gasteiger partial charge in [-0.05, 0) is 29.8 Å². The van der Waals surface area contributed by atoms with Crippen LogP contribution in [0.5, 0.6) is 0 Å². The summed E-state index contributed by atoms with van der Waals surface area (Å²) < 4.78 is 14.9. The van der Waals surface area contributed by atoms with Crippen molar-refractivity contribution in [2.75, 3.05) is 0 Å². The molecule has 4 rings (SSSR count). The molecule has 4 aromatic rings. The number of benzene rings is 2. The fourth-order valence-electron chi connectivity index (χ4n) is 2.88. The Morgan fingerprint density at radius 1 is 1.07 bits per heavy atom. The minimum atomic E-state index is -0.282. The molecule has 0 atom stereocenters. The van der Waals surface area contributed by atoms with Gasteiger partial charge in [-0.1, -0.05) is 41.4 Å². The van der Waals surface area contributed by atoms with E-state index in [1.54, 1.807) is 41.2 Å². The summed E-state index contributed by atoms with van der Waals surface area (Å²) in [6.45, 7) is 0.378. The van der Waals surface area contributed by atoms with Crippen molar-refractivity contribution in [3.8, 4) is 0 Å². The lowest BCUT2D eigenvalue weighted by Gasteiger charge is -2.10. The summed E-state index contributed by atoms with van der Waals surface area (Å²) in [5.41, 5.74) is 2.88. The van der Waals surface area contributed by atoms with Gasteiger partial charge in [-0.2, -0.15) is 0 Å². The zero-order valence-electron chi connectivity index (χ0n) is 14.0. The van der Waals surface area contributed by atoms with E-state index < -0.39 is 0 Å². The average molecular weight is 402 g/mol. The van der Waals surface area contributed by atoms with Gasteiger partial charge in [0.1, 0.15) is 17.2 Å². The summed E-state index contributed by atoms with van der Waals surface area (Å²) in [4.78, 5) is 11.9. The van der Waals surface area contributed by atoms with Gasteiger partial charge in [0.2, 0.25) is 0 Å². The predicted molar refractivity (Wildman–Crippen MR) is 103 cm³/mol.